The van der Waals surface area contributed by atoms with Crippen LogP contribution in [0.4, 0.5) is 34.1 Å². The standard InChI is InChI=1S/C60H42N2O2/c1-35-13-9-14-36(2)57(35)61(53-21-11-19-47-45-17-5-7-23-55(45)63-59(47)53)43-27-25-39-31-49-51(33-41(39)29-43)50-32-40-26-28-44(30-42(40)34-52(49)50)62(58-37(3)15-10-16-38(58)4)54-22-12-20-48-46-18-6-8-24-56(46)64-60(48)54/h5-34H,1-4H3. The number of nitrogens with zero attached hydrogens (tertiary/aromatic N) is 2. The molecule has 0 aliphatic heterocycles. The monoisotopic (exact) mass is 822 g/mol. The lowest BCUT2D eigenvalue weighted by atomic mass is 9.78. The number of rotatable bonds is 6. The summed E-state index contributed by atoms with van der Waals surface area (Å²) in [7, 11) is 0. The van der Waals surface area contributed by atoms with Gasteiger partial charge in [-0.1, -0.05) is 109 Å². The Morgan fingerprint density at radius 1 is 0.312 bits per heavy atom. The second kappa shape index (κ2) is 13.7. The van der Waals surface area contributed by atoms with Crippen molar-refractivity contribution in [3.05, 3.63) is 204 Å². The first-order valence-electron chi connectivity index (χ1n) is 22.1. The van der Waals surface area contributed by atoms with Crippen LogP contribution in [0.3, 0.4) is 0 Å². The van der Waals surface area contributed by atoms with E-state index >= 15 is 0 Å². The van der Waals surface area contributed by atoms with Crippen LogP contribution in [-0.4, -0.2) is 0 Å². The second-order valence-electron chi connectivity index (χ2n) is 17.5. The Morgan fingerprint density at radius 3 is 1.09 bits per heavy atom. The van der Waals surface area contributed by atoms with Gasteiger partial charge in [0.05, 0.1) is 22.7 Å². The summed E-state index contributed by atoms with van der Waals surface area (Å²) in [5, 5.41) is 9.31. The highest BCUT2D eigenvalue weighted by Crippen LogP contribution is 2.53. The number of furan rings is 2. The van der Waals surface area contributed by atoms with Crippen LogP contribution in [0.2, 0.25) is 0 Å². The fourth-order valence-electron chi connectivity index (χ4n) is 10.6. The van der Waals surface area contributed by atoms with E-state index < -0.39 is 0 Å². The molecule has 304 valence electrons. The van der Waals surface area contributed by atoms with Gasteiger partial charge >= 0.3 is 0 Å². The second-order valence-corrected chi connectivity index (χ2v) is 17.5. The molecular weight excluding hydrogens is 781 g/mol. The fraction of sp³-hybridized carbons (Fsp3) is 0.0667. The third-order valence-electron chi connectivity index (χ3n) is 13.6. The summed E-state index contributed by atoms with van der Waals surface area (Å²) in [6.07, 6.45) is 0. The molecule has 12 aromatic rings. The largest absolute Gasteiger partial charge is 0.454 e. The maximum atomic E-state index is 6.65. The molecule has 2 heterocycles. The van der Waals surface area contributed by atoms with E-state index in [1.54, 1.807) is 0 Å². The third kappa shape index (κ3) is 5.36. The number of benzene rings is 10. The van der Waals surface area contributed by atoms with Crippen LogP contribution in [-0.2, 0) is 0 Å². The highest BCUT2D eigenvalue weighted by molar-refractivity contribution is 6.15. The number of para-hydroxylation sites is 6. The van der Waals surface area contributed by atoms with Crippen LogP contribution in [0.1, 0.15) is 22.3 Å². The van der Waals surface area contributed by atoms with Crippen molar-refractivity contribution in [2.75, 3.05) is 9.80 Å². The number of hydrogen-bond acceptors (Lipinski definition) is 4. The maximum absolute atomic E-state index is 6.65. The quantitative estimate of drug-likeness (QED) is 0.167. The molecule has 10 aromatic carbocycles. The van der Waals surface area contributed by atoms with Crippen molar-refractivity contribution >= 4 is 99.5 Å². The SMILES string of the molecule is Cc1cccc(C)c1N(c1ccc2cc3c(cc2c1)-c1cc2ccc(N(c4c(C)cccc4C)c4cccc5c4oc4ccccc45)cc2cc1-3)c1cccc2c1oc1ccccc12. The molecule has 0 saturated heterocycles. The first-order valence-corrected chi connectivity index (χ1v) is 22.1. The number of aryl methyl sites for hydroxylation is 4. The van der Waals surface area contributed by atoms with E-state index in [4.69, 9.17) is 8.83 Å². The Hall–Kier alpha value is -8.08. The molecule has 4 nitrogen and oxygen atoms in total. The topological polar surface area (TPSA) is 32.8 Å². The Balaban J connectivity index is 0.932. The minimum atomic E-state index is 0.885. The van der Waals surface area contributed by atoms with Crippen molar-refractivity contribution in [2.45, 2.75) is 27.7 Å². The molecule has 0 bridgehead atoms. The lowest BCUT2D eigenvalue weighted by Gasteiger charge is -2.30. The molecule has 4 heteroatoms. The van der Waals surface area contributed by atoms with Crippen LogP contribution in [0.5, 0.6) is 0 Å². The Morgan fingerprint density at radius 2 is 0.672 bits per heavy atom. The molecule has 0 atom stereocenters. The van der Waals surface area contributed by atoms with Crippen molar-refractivity contribution in [1.82, 2.24) is 0 Å². The fourth-order valence-corrected chi connectivity index (χ4v) is 10.6. The zero-order chi connectivity index (χ0) is 42.8. The zero-order valence-electron chi connectivity index (χ0n) is 36.0. The summed E-state index contributed by atoms with van der Waals surface area (Å²) in [6.45, 7) is 8.80. The van der Waals surface area contributed by atoms with Gasteiger partial charge in [-0.2, -0.15) is 0 Å². The minimum Gasteiger partial charge on any atom is -0.454 e. The predicted molar refractivity (Wildman–Crippen MR) is 269 cm³/mol. The van der Waals surface area contributed by atoms with Crippen LogP contribution in [0, 0.1) is 27.7 Å². The van der Waals surface area contributed by atoms with Gasteiger partial charge in [-0.25, -0.2) is 0 Å². The van der Waals surface area contributed by atoms with Gasteiger partial charge in [0.2, 0.25) is 0 Å². The summed E-state index contributed by atoms with van der Waals surface area (Å²) in [4.78, 5) is 4.78. The van der Waals surface area contributed by atoms with Gasteiger partial charge in [0.15, 0.2) is 11.2 Å². The molecule has 0 radical (unpaired) electrons. The molecule has 0 N–H and O–H groups in total. The van der Waals surface area contributed by atoms with Crippen LogP contribution in [0.25, 0.3) is 87.7 Å². The molecule has 0 saturated carbocycles. The lowest BCUT2D eigenvalue weighted by Crippen LogP contribution is -2.13. The summed E-state index contributed by atoms with van der Waals surface area (Å²) in [5.74, 6) is 0. The van der Waals surface area contributed by atoms with E-state index in [0.29, 0.717) is 0 Å². The van der Waals surface area contributed by atoms with Crippen LogP contribution >= 0.6 is 0 Å². The number of hydrogen-bond donors (Lipinski definition) is 0. The average Bonchev–Trinajstić information content (AvgIpc) is 3.89. The van der Waals surface area contributed by atoms with Gasteiger partial charge in [-0.15, -0.1) is 0 Å². The smallest absolute Gasteiger partial charge is 0.159 e. The van der Waals surface area contributed by atoms with E-state index in [1.807, 2.05) is 12.1 Å². The summed E-state index contributed by atoms with van der Waals surface area (Å²) < 4.78 is 13.3. The van der Waals surface area contributed by atoms with Gasteiger partial charge < -0.3 is 18.6 Å². The minimum absolute atomic E-state index is 0.885. The number of anilines is 6. The summed E-state index contributed by atoms with van der Waals surface area (Å²) in [5.41, 5.74) is 20.1. The van der Waals surface area contributed by atoms with Crippen molar-refractivity contribution in [2.24, 2.45) is 0 Å². The predicted octanol–water partition coefficient (Wildman–Crippen LogP) is 17.6. The summed E-state index contributed by atoms with van der Waals surface area (Å²) >= 11 is 0. The Bertz CT molecular complexity index is 3610. The van der Waals surface area contributed by atoms with Crippen LogP contribution in [0.15, 0.2) is 191 Å². The summed E-state index contributed by atoms with van der Waals surface area (Å²) in [6, 6.07) is 66.0. The van der Waals surface area contributed by atoms with Crippen molar-refractivity contribution in [3.8, 4) is 22.3 Å². The molecule has 13 rings (SSSR count). The van der Waals surface area contributed by atoms with E-state index in [0.717, 1.165) is 66.6 Å². The highest BCUT2D eigenvalue weighted by atomic mass is 16.3. The maximum Gasteiger partial charge on any atom is 0.159 e. The van der Waals surface area contributed by atoms with Gasteiger partial charge in [-0.05, 0) is 167 Å². The van der Waals surface area contributed by atoms with Gasteiger partial charge in [-0.3, -0.25) is 0 Å². The van der Waals surface area contributed by atoms with Gasteiger partial charge in [0.1, 0.15) is 11.2 Å². The normalized spacial score (nSPS) is 12.1. The van der Waals surface area contributed by atoms with Crippen LogP contribution < -0.4 is 9.80 Å². The third-order valence-corrected chi connectivity index (χ3v) is 13.6. The first-order chi connectivity index (χ1) is 31.4. The van der Waals surface area contributed by atoms with Gasteiger partial charge in [0.25, 0.3) is 0 Å². The van der Waals surface area contributed by atoms with E-state index in [9.17, 15) is 0 Å². The molecule has 64 heavy (non-hydrogen) atoms. The van der Waals surface area contributed by atoms with E-state index in [2.05, 4.69) is 207 Å². The van der Waals surface area contributed by atoms with Crippen molar-refractivity contribution < 1.29 is 8.83 Å². The molecule has 2 aromatic heterocycles. The molecule has 0 unspecified atom stereocenters. The molecular formula is C60H42N2O2. The van der Waals surface area contributed by atoms with Crippen molar-refractivity contribution in [3.63, 3.8) is 0 Å². The Labute approximate surface area is 370 Å². The highest BCUT2D eigenvalue weighted by Gasteiger charge is 2.27. The van der Waals surface area contributed by atoms with E-state index in [1.165, 1.54) is 77.4 Å². The first kappa shape index (κ1) is 36.6. The van der Waals surface area contributed by atoms with Gasteiger partial charge in [0, 0.05) is 32.9 Å². The lowest BCUT2D eigenvalue weighted by molar-refractivity contribution is 0.668. The molecule has 1 aliphatic rings. The molecule has 0 fully saturated rings. The molecule has 1 aliphatic carbocycles. The molecule has 0 amide bonds. The molecule has 0 spiro atoms. The van der Waals surface area contributed by atoms with E-state index in [-0.39, 0.29) is 0 Å². The Kier molecular flexibility index (Phi) is 7.83. The zero-order valence-corrected chi connectivity index (χ0v) is 36.0. The van der Waals surface area contributed by atoms with Crippen molar-refractivity contribution in [1.29, 1.82) is 0 Å². The average molecular weight is 823 g/mol. The number of fused-ring (bicyclic) bond motifs is 12.